The molecule has 7 heteroatoms. The van der Waals surface area contributed by atoms with Gasteiger partial charge in [-0.2, -0.15) is 0 Å². The van der Waals surface area contributed by atoms with Crippen molar-refractivity contribution in [2.75, 3.05) is 37.7 Å². The largest absolute Gasteiger partial charge is 0.378 e. The Morgan fingerprint density at radius 1 is 1.12 bits per heavy atom. The van der Waals surface area contributed by atoms with Crippen LogP contribution in [-0.2, 0) is 11.2 Å². The molecule has 1 amide bonds. The molecule has 1 N–H and O–H groups in total. The summed E-state index contributed by atoms with van der Waals surface area (Å²) in [6, 6.07) is 14.2. The number of nitro benzene ring substituents is 1. The van der Waals surface area contributed by atoms with Crippen LogP contribution >= 0.6 is 0 Å². The van der Waals surface area contributed by atoms with Crippen LogP contribution in [-0.4, -0.2) is 43.7 Å². The first-order valence-corrected chi connectivity index (χ1v) is 8.58. The fourth-order valence-electron chi connectivity index (χ4n) is 2.94. The van der Waals surface area contributed by atoms with E-state index >= 15 is 0 Å². The molecule has 0 saturated carbocycles. The van der Waals surface area contributed by atoms with Crippen molar-refractivity contribution in [2.24, 2.45) is 0 Å². The average molecular weight is 355 g/mol. The molecule has 7 nitrogen and oxygen atoms in total. The Labute approximate surface area is 151 Å². The summed E-state index contributed by atoms with van der Waals surface area (Å²) in [5, 5.41) is 13.7. The maximum atomic E-state index is 12.2. The second-order valence-corrected chi connectivity index (χ2v) is 6.05. The summed E-state index contributed by atoms with van der Waals surface area (Å²) >= 11 is 0. The van der Waals surface area contributed by atoms with Gasteiger partial charge in [0.2, 0.25) is 0 Å². The van der Waals surface area contributed by atoms with Gasteiger partial charge in [0.05, 0.1) is 18.1 Å². The first kappa shape index (κ1) is 17.9. The molecule has 0 radical (unpaired) electrons. The standard InChI is InChI=1S/C19H21N3O4/c23-19(17-3-1-2-4-18(17)22(24)25)20-10-9-15-5-7-16(8-6-15)21-11-13-26-14-12-21/h1-8H,9-14H2,(H,20,23). The quantitative estimate of drug-likeness (QED) is 0.635. The van der Waals surface area contributed by atoms with Gasteiger partial charge in [-0.15, -0.1) is 0 Å². The zero-order valence-electron chi connectivity index (χ0n) is 14.4. The van der Waals surface area contributed by atoms with E-state index in [1.54, 1.807) is 12.1 Å². The number of carbonyl (C=O) groups is 1. The van der Waals surface area contributed by atoms with E-state index in [9.17, 15) is 14.9 Å². The molecule has 0 spiro atoms. The molecule has 136 valence electrons. The van der Waals surface area contributed by atoms with Gasteiger partial charge >= 0.3 is 0 Å². The van der Waals surface area contributed by atoms with Crippen LogP contribution in [0.1, 0.15) is 15.9 Å². The lowest BCUT2D eigenvalue weighted by Gasteiger charge is -2.28. The molecule has 2 aromatic rings. The molecule has 0 atom stereocenters. The van der Waals surface area contributed by atoms with Crippen LogP contribution in [0, 0.1) is 10.1 Å². The number of anilines is 1. The van der Waals surface area contributed by atoms with Gasteiger partial charge in [0.15, 0.2) is 0 Å². The number of rotatable bonds is 6. The molecule has 1 aliphatic heterocycles. The first-order valence-electron chi connectivity index (χ1n) is 8.58. The van der Waals surface area contributed by atoms with Gasteiger partial charge < -0.3 is 15.0 Å². The van der Waals surface area contributed by atoms with E-state index in [-0.39, 0.29) is 11.3 Å². The predicted molar refractivity (Wildman–Crippen MR) is 98.6 cm³/mol. The van der Waals surface area contributed by atoms with Crippen LogP contribution in [0.2, 0.25) is 0 Å². The third kappa shape index (κ3) is 4.37. The molecule has 0 bridgehead atoms. The minimum Gasteiger partial charge on any atom is -0.378 e. The van der Waals surface area contributed by atoms with E-state index < -0.39 is 10.8 Å². The third-order valence-electron chi connectivity index (χ3n) is 4.36. The summed E-state index contributed by atoms with van der Waals surface area (Å²) in [5.41, 5.74) is 2.17. The molecule has 2 aromatic carbocycles. The Balaban J connectivity index is 1.53. The number of nitrogens with zero attached hydrogens (tertiary/aromatic N) is 2. The van der Waals surface area contributed by atoms with Crippen molar-refractivity contribution in [3.05, 3.63) is 69.8 Å². The van der Waals surface area contributed by atoms with Crippen LogP contribution in [0.3, 0.4) is 0 Å². The van der Waals surface area contributed by atoms with Crippen molar-refractivity contribution < 1.29 is 14.5 Å². The lowest BCUT2D eigenvalue weighted by Crippen LogP contribution is -2.36. The van der Waals surface area contributed by atoms with E-state index in [4.69, 9.17) is 4.74 Å². The highest BCUT2D eigenvalue weighted by Gasteiger charge is 2.18. The molecule has 0 aromatic heterocycles. The number of nitrogens with one attached hydrogen (secondary N) is 1. The van der Waals surface area contributed by atoms with Gasteiger partial charge in [0.25, 0.3) is 11.6 Å². The van der Waals surface area contributed by atoms with Crippen molar-refractivity contribution in [1.82, 2.24) is 5.32 Å². The summed E-state index contributed by atoms with van der Waals surface area (Å²) < 4.78 is 5.36. The Bertz CT molecular complexity index is 771. The molecular formula is C19H21N3O4. The number of carbonyl (C=O) groups excluding carboxylic acids is 1. The highest BCUT2D eigenvalue weighted by atomic mass is 16.6. The number of benzene rings is 2. The number of ether oxygens (including phenoxy) is 1. The number of hydrogen-bond acceptors (Lipinski definition) is 5. The zero-order chi connectivity index (χ0) is 18.4. The molecule has 1 fully saturated rings. The number of morpholine rings is 1. The van der Waals surface area contributed by atoms with Gasteiger partial charge in [0, 0.05) is 31.4 Å². The summed E-state index contributed by atoms with van der Waals surface area (Å²) in [4.78, 5) is 24.9. The normalized spacial score (nSPS) is 14.1. The second kappa shape index (κ2) is 8.44. The summed E-state index contributed by atoms with van der Waals surface area (Å²) in [7, 11) is 0. The number of amides is 1. The van der Waals surface area contributed by atoms with Gasteiger partial charge in [-0.25, -0.2) is 0 Å². The Kier molecular flexibility index (Phi) is 5.80. The maximum Gasteiger partial charge on any atom is 0.282 e. The fraction of sp³-hybridized carbons (Fsp3) is 0.316. The highest BCUT2D eigenvalue weighted by Crippen LogP contribution is 2.18. The predicted octanol–water partition coefficient (Wildman–Crippen LogP) is 2.40. The van der Waals surface area contributed by atoms with Crippen molar-refractivity contribution >= 4 is 17.3 Å². The Morgan fingerprint density at radius 3 is 2.50 bits per heavy atom. The van der Waals surface area contributed by atoms with Crippen LogP contribution < -0.4 is 10.2 Å². The lowest BCUT2D eigenvalue weighted by atomic mass is 10.1. The zero-order valence-corrected chi connectivity index (χ0v) is 14.4. The molecule has 1 aliphatic rings. The van der Waals surface area contributed by atoms with Gasteiger partial charge in [0.1, 0.15) is 5.56 Å². The van der Waals surface area contributed by atoms with Crippen LogP contribution in [0.15, 0.2) is 48.5 Å². The number of hydrogen-bond donors (Lipinski definition) is 1. The summed E-state index contributed by atoms with van der Waals surface area (Å²) in [6.45, 7) is 3.71. The molecule has 1 heterocycles. The van der Waals surface area contributed by atoms with Crippen LogP contribution in [0.5, 0.6) is 0 Å². The minimum atomic E-state index is -0.542. The molecule has 1 saturated heterocycles. The van der Waals surface area contributed by atoms with Crippen molar-refractivity contribution in [3.63, 3.8) is 0 Å². The van der Waals surface area contributed by atoms with Crippen LogP contribution in [0.25, 0.3) is 0 Å². The van der Waals surface area contributed by atoms with Gasteiger partial charge in [-0.1, -0.05) is 24.3 Å². The van der Waals surface area contributed by atoms with Gasteiger partial charge in [-0.05, 0) is 30.2 Å². The van der Waals surface area contributed by atoms with Crippen molar-refractivity contribution in [3.8, 4) is 0 Å². The molecule has 3 rings (SSSR count). The number of para-hydroxylation sites is 1. The van der Waals surface area contributed by atoms with Crippen molar-refractivity contribution in [2.45, 2.75) is 6.42 Å². The smallest absolute Gasteiger partial charge is 0.282 e. The van der Waals surface area contributed by atoms with E-state index in [0.29, 0.717) is 13.0 Å². The fourth-order valence-corrected chi connectivity index (χ4v) is 2.94. The molecule has 0 aliphatic carbocycles. The number of nitro groups is 1. The van der Waals surface area contributed by atoms with Crippen LogP contribution in [0.4, 0.5) is 11.4 Å². The molecule has 0 unspecified atom stereocenters. The van der Waals surface area contributed by atoms with E-state index in [1.165, 1.54) is 17.8 Å². The van der Waals surface area contributed by atoms with Gasteiger partial charge in [-0.3, -0.25) is 14.9 Å². The monoisotopic (exact) mass is 355 g/mol. The third-order valence-corrected chi connectivity index (χ3v) is 4.36. The summed E-state index contributed by atoms with van der Waals surface area (Å²) in [5.74, 6) is -0.428. The topological polar surface area (TPSA) is 84.7 Å². The SMILES string of the molecule is O=C(NCCc1ccc(N2CCOCC2)cc1)c1ccccc1[N+](=O)[O-]. The summed E-state index contributed by atoms with van der Waals surface area (Å²) in [6.07, 6.45) is 0.662. The van der Waals surface area contributed by atoms with E-state index in [0.717, 1.165) is 31.9 Å². The first-order chi connectivity index (χ1) is 12.6. The minimum absolute atomic E-state index is 0.0835. The Morgan fingerprint density at radius 2 is 1.81 bits per heavy atom. The van der Waals surface area contributed by atoms with E-state index in [1.807, 2.05) is 12.1 Å². The average Bonchev–Trinajstić information content (AvgIpc) is 2.69. The maximum absolute atomic E-state index is 12.2. The highest BCUT2D eigenvalue weighted by molar-refractivity contribution is 5.98. The van der Waals surface area contributed by atoms with E-state index in [2.05, 4.69) is 22.3 Å². The molecular weight excluding hydrogens is 334 g/mol. The van der Waals surface area contributed by atoms with Crippen molar-refractivity contribution in [1.29, 1.82) is 0 Å². The second-order valence-electron chi connectivity index (χ2n) is 6.05. The lowest BCUT2D eigenvalue weighted by molar-refractivity contribution is -0.385. The molecule has 26 heavy (non-hydrogen) atoms. The Hall–Kier alpha value is -2.93.